The Morgan fingerprint density at radius 2 is 1.85 bits per heavy atom. The maximum absolute atomic E-state index is 12.5. The SMILES string of the molecule is Cc1ccccc1C(=O)CCN(CC(F)(F)F)C(C)C. The highest BCUT2D eigenvalue weighted by Gasteiger charge is 2.31. The summed E-state index contributed by atoms with van der Waals surface area (Å²) in [5.41, 5.74) is 1.44. The number of hydrogen-bond donors (Lipinski definition) is 0. The first-order valence-electron chi connectivity index (χ1n) is 6.60. The first-order valence-corrected chi connectivity index (χ1v) is 6.60. The highest BCUT2D eigenvalue weighted by Crippen LogP contribution is 2.19. The Morgan fingerprint density at radius 3 is 2.35 bits per heavy atom. The van der Waals surface area contributed by atoms with E-state index in [2.05, 4.69) is 0 Å². The van der Waals surface area contributed by atoms with Crippen LogP contribution in [0.15, 0.2) is 24.3 Å². The van der Waals surface area contributed by atoms with Crippen molar-refractivity contribution in [2.24, 2.45) is 0 Å². The molecule has 112 valence electrons. The van der Waals surface area contributed by atoms with E-state index in [1.807, 2.05) is 19.1 Å². The number of aryl methyl sites for hydroxylation is 1. The third-order valence-corrected chi connectivity index (χ3v) is 3.18. The normalized spacial score (nSPS) is 12.2. The average molecular weight is 287 g/mol. The van der Waals surface area contributed by atoms with Crippen molar-refractivity contribution in [3.05, 3.63) is 35.4 Å². The predicted molar refractivity (Wildman–Crippen MR) is 72.9 cm³/mol. The van der Waals surface area contributed by atoms with E-state index in [0.29, 0.717) is 5.56 Å². The standard InChI is InChI=1S/C15H20F3NO/c1-11(2)19(10-15(16,17)18)9-8-14(20)13-7-5-4-6-12(13)3/h4-7,11H,8-10H2,1-3H3. The molecule has 0 amide bonds. The monoisotopic (exact) mass is 287 g/mol. The molecule has 0 bridgehead atoms. The molecule has 0 unspecified atom stereocenters. The molecule has 0 aliphatic heterocycles. The molecule has 0 saturated heterocycles. The quantitative estimate of drug-likeness (QED) is 0.741. The van der Waals surface area contributed by atoms with Crippen LogP contribution in [0.2, 0.25) is 0 Å². The zero-order chi connectivity index (χ0) is 15.3. The van der Waals surface area contributed by atoms with Gasteiger partial charge in [-0.15, -0.1) is 0 Å². The highest BCUT2D eigenvalue weighted by atomic mass is 19.4. The first-order chi connectivity index (χ1) is 9.20. The molecule has 0 aromatic heterocycles. The first kappa shape index (κ1) is 16.7. The van der Waals surface area contributed by atoms with Crippen molar-refractivity contribution >= 4 is 5.78 Å². The number of carbonyl (C=O) groups excluding carboxylic acids is 1. The molecule has 1 rings (SSSR count). The molecule has 0 fully saturated rings. The molecule has 0 aliphatic rings. The van der Waals surface area contributed by atoms with Gasteiger partial charge in [-0.25, -0.2) is 0 Å². The number of nitrogens with zero attached hydrogens (tertiary/aromatic N) is 1. The Kier molecular flexibility index (Phi) is 5.74. The van der Waals surface area contributed by atoms with E-state index in [0.717, 1.165) is 5.56 Å². The lowest BCUT2D eigenvalue weighted by atomic mass is 10.0. The zero-order valence-electron chi connectivity index (χ0n) is 12.0. The van der Waals surface area contributed by atoms with Crippen molar-refractivity contribution < 1.29 is 18.0 Å². The minimum absolute atomic E-state index is 0.0963. The van der Waals surface area contributed by atoms with Crippen molar-refractivity contribution in [2.45, 2.75) is 39.4 Å². The molecule has 20 heavy (non-hydrogen) atoms. The van der Waals surface area contributed by atoms with Crippen molar-refractivity contribution in [1.82, 2.24) is 4.90 Å². The lowest BCUT2D eigenvalue weighted by Crippen LogP contribution is -2.40. The van der Waals surface area contributed by atoms with Gasteiger partial charge in [-0.1, -0.05) is 24.3 Å². The van der Waals surface area contributed by atoms with Crippen molar-refractivity contribution in [3.8, 4) is 0 Å². The van der Waals surface area contributed by atoms with E-state index >= 15 is 0 Å². The molecular formula is C15H20F3NO. The second-order valence-electron chi connectivity index (χ2n) is 5.17. The Morgan fingerprint density at radius 1 is 1.25 bits per heavy atom. The van der Waals surface area contributed by atoms with Crippen LogP contribution in [0.1, 0.15) is 36.2 Å². The Bertz CT molecular complexity index is 455. The second-order valence-corrected chi connectivity index (χ2v) is 5.17. The number of alkyl halides is 3. The minimum atomic E-state index is -4.24. The fourth-order valence-electron chi connectivity index (χ4n) is 2.02. The maximum Gasteiger partial charge on any atom is 0.401 e. The van der Waals surface area contributed by atoms with Gasteiger partial charge in [-0.2, -0.15) is 13.2 Å². The highest BCUT2D eigenvalue weighted by molar-refractivity contribution is 5.97. The van der Waals surface area contributed by atoms with Gasteiger partial charge in [0, 0.05) is 24.6 Å². The van der Waals surface area contributed by atoms with Crippen LogP contribution in [0.3, 0.4) is 0 Å². The van der Waals surface area contributed by atoms with Crippen LogP contribution in [0, 0.1) is 6.92 Å². The number of hydrogen-bond acceptors (Lipinski definition) is 2. The number of carbonyl (C=O) groups is 1. The summed E-state index contributed by atoms with van der Waals surface area (Å²) in [5, 5.41) is 0. The van der Waals surface area contributed by atoms with Gasteiger partial charge in [0.2, 0.25) is 0 Å². The van der Waals surface area contributed by atoms with Crippen molar-refractivity contribution in [3.63, 3.8) is 0 Å². The molecule has 0 aliphatic carbocycles. The van der Waals surface area contributed by atoms with E-state index < -0.39 is 12.7 Å². The summed E-state index contributed by atoms with van der Waals surface area (Å²) in [4.78, 5) is 13.3. The predicted octanol–water partition coefficient (Wildman–Crippen LogP) is 3.84. The fourth-order valence-corrected chi connectivity index (χ4v) is 2.02. The van der Waals surface area contributed by atoms with Gasteiger partial charge in [0.1, 0.15) is 0 Å². The van der Waals surface area contributed by atoms with E-state index in [1.54, 1.807) is 26.0 Å². The van der Waals surface area contributed by atoms with Crippen molar-refractivity contribution in [2.75, 3.05) is 13.1 Å². The molecule has 1 aromatic carbocycles. The van der Waals surface area contributed by atoms with Crippen LogP contribution in [-0.4, -0.2) is 36.0 Å². The van der Waals surface area contributed by atoms with Crippen LogP contribution >= 0.6 is 0 Å². The molecule has 0 spiro atoms. The summed E-state index contributed by atoms with van der Waals surface area (Å²) in [5.74, 6) is -0.115. The molecule has 0 N–H and O–H groups in total. The summed E-state index contributed by atoms with van der Waals surface area (Å²) in [6, 6.07) is 6.87. The summed E-state index contributed by atoms with van der Waals surface area (Å²) in [6.07, 6.45) is -4.14. The second kappa shape index (κ2) is 6.88. The lowest BCUT2D eigenvalue weighted by molar-refractivity contribution is -0.149. The molecule has 0 atom stereocenters. The third-order valence-electron chi connectivity index (χ3n) is 3.18. The van der Waals surface area contributed by atoms with Gasteiger partial charge in [-0.3, -0.25) is 9.69 Å². The van der Waals surface area contributed by atoms with Gasteiger partial charge in [0.25, 0.3) is 0 Å². The Hall–Kier alpha value is -1.36. The molecule has 5 heteroatoms. The van der Waals surface area contributed by atoms with Crippen LogP contribution in [0.25, 0.3) is 0 Å². The molecule has 0 radical (unpaired) electrons. The largest absolute Gasteiger partial charge is 0.401 e. The molecular weight excluding hydrogens is 267 g/mol. The van der Waals surface area contributed by atoms with E-state index in [-0.39, 0.29) is 24.8 Å². The minimum Gasteiger partial charge on any atom is -0.294 e. The number of rotatable bonds is 6. The van der Waals surface area contributed by atoms with Crippen LogP contribution in [0.4, 0.5) is 13.2 Å². The maximum atomic E-state index is 12.5. The van der Waals surface area contributed by atoms with Crippen LogP contribution in [-0.2, 0) is 0 Å². The Labute approximate surface area is 117 Å². The van der Waals surface area contributed by atoms with E-state index in [9.17, 15) is 18.0 Å². The lowest BCUT2D eigenvalue weighted by Gasteiger charge is -2.27. The topological polar surface area (TPSA) is 20.3 Å². The number of ketones is 1. The summed E-state index contributed by atoms with van der Waals surface area (Å²) < 4.78 is 37.4. The zero-order valence-corrected chi connectivity index (χ0v) is 12.0. The Balaban J connectivity index is 2.64. The third kappa shape index (κ3) is 5.33. The summed E-state index contributed by atoms with van der Waals surface area (Å²) >= 11 is 0. The molecule has 0 heterocycles. The fraction of sp³-hybridized carbons (Fsp3) is 0.533. The average Bonchev–Trinajstić information content (AvgIpc) is 2.33. The number of benzene rings is 1. The molecule has 0 saturated carbocycles. The van der Waals surface area contributed by atoms with Gasteiger partial charge in [0.15, 0.2) is 5.78 Å². The number of Topliss-reactive ketones (excluding diaryl/α,β-unsaturated/α-hetero) is 1. The number of halogens is 3. The summed E-state index contributed by atoms with van der Waals surface area (Å²) in [6.45, 7) is 4.35. The van der Waals surface area contributed by atoms with Crippen molar-refractivity contribution in [1.29, 1.82) is 0 Å². The molecule has 1 aromatic rings. The van der Waals surface area contributed by atoms with Crippen LogP contribution < -0.4 is 0 Å². The van der Waals surface area contributed by atoms with Gasteiger partial charge >= 0.3 is 6.18 Å². The van der Waals surface area contributed by atoms with Gasteiger partial charge in [0.05, 0.1) is 6.54 Å². The van der Waals surface area contributed by atoms with Gasteiger partial charge < -0.3 is 0 Å². The molecule has 2 nitrogen and oxygen atoms in total. The van der Waals surface area contributed by atoms with E-state index in [1.165, 1.54) is 4.90 Å². The van der Waals surface area contributed by atoms with Crippen LogP contribution in [0.5, 0.6) is 0 Å². The summed E-state index contributed by atoms with van der Waals surface area (Å²) in [7, 11) is 0. The van der Waals surface area contributed by atoms with Gasteiger partial charge in [-0.05, 0) is 26.3 Å². The smallest absolute Gasteiger partial charge is 0.294 e. The van der Waals surface area contributed by atoms with E-state index in [4.69, 9.17) is 0 Å².